The lowest BCUT2D eigenvalue weighted by atomic mass is 9.92. The van der Waals surface area contributed by atoms with Crippen molar-refractivity contribution in [2.24, 2.45) is 5.92 Å². The first kappa shape index (κ1) is 18.8. The van der Waals surface area contributed by atoms with Gasteiger partial charge in [-0.3, -0.25) is 0 Å². The number of aromatic nitrogens is 3. The molecule has 1 aliphatic carbocycles. The van der Waals surface area contributed by atoms with Crippen LogP contribution in [0.5, 0.6) is 0 Å². The van der Waals surface area contributed by atoms with Gasteiger partial charge in [-0.15, -0.1) is 10.2 Å². The van der Waals surface area contributed by atoms with E-state index in [1.807, 2.05) is 24.3 Å². The lowest BCUT2D eigenvalue weighted by Crippen LogP contribution is -2.46. The summed E-state index contributed by atoms with van der Waals surface area (Å²) < 4.78 is 0. The van der Waals surface area contributed by atoms with Crippen molar-refractivity contribution >= 4 is 17.0 Å². The maximum atomic E-state index is 4.77. The maximum Gasteiger partial charge on any atom is 0.243 e. The van der Waals surface area contributed by atoms with Crippen molar-refractivity contribution in [1.29, 1.82) is 0 Å². The van der Waals surface area contributed by atoms with Gasteiger partial charge >= 0.3 is 0 Å². The third kappa shape index (κ3) is 3.78. The minimum Gasteiger partial charge on any atom is -0.372 e. The fourth-order valence-corrected chi connectivity index (χ4v) is 4.22. The Morgan fingerprint density at radius 2 is 1.80 bits per heavy atom. The van der Waals surface area contributed by atoms with E-state index in [2.05, 4.69) is 75.1 Å². The molecule has 2 heterocycles. The molecule has 5 rings (SSSR count). The van der Waals surface area contributed by atoms with Crippen molar-refractivity contribution in [1.82, 2.24) is 25.4 Å². The Morgan fingerprint density at radius 3 is 2.63 bits per heavy atom. The lowest BCUT2D eigenvalue weighted by Gasteiger charge is -2.38. The number of benzene rings is 2. The molecule has 2 atom stereocenters. The van der Waals surface area contributed by atoms with E-state index >= 15 is 0 Å². The predicted molar refractivity (Wildman–Crippen MR) is 121 cm³/mol. The largest absolute Gasteiger partial charge is 0.372 e. The summed E-state index contributed by atoms with van der Waals surface area (Å²) in [5.74, 6) is 0.902. The van der Waals surface area contributed by atoms with Gasteiger partial charge in [-0.05, 0) is 29.3 Å². The predicted octanol–water partition coefficient (Wildman–Crippen LogP) is 3.47. The van der Waals surface area contributed by atoms with Gasteiger partial charge in [0, 0.05) is 37.8 Å². The topological polar surface area (TPSA) is 66.0 Å². The van der Waals surface area contributed by atoms with Crippen molar-refractivity contribution < 1.29 is 0 Å². The first-order chi connectivity index (χ1) is 14.8. The number of piperazine rings is 1. The average Bonchev–Trinajstić information content (AvgIpc) is 2.81. The molecule has 3 aromatic rings. The number of anilines is 1. The number of nitrogens with zero attached hydrogens (tertiary/aromatic N) is 4. The molecule has 0 spiro atoms. The zero-order valence-electron chi connectivity index (χ0n) is 17.1. The number of allylic oxidation sites excluding steroid dienone is 2. The van der Waals surface area contributed by atoms with Crippen LogP contribution in [-0.2, 0) is 0 Å². The van der Waals surface area contributed by atoms with E-state index in [-0.39, 0.29) is 6.04 Å². The summed E-state index contributed by atoms with van der Waals surface area (Å²) >= 11 is 0. The second-order valence-corrected chi connectivity index (χ2v) is 7.88. The van der Waals surface area contributed by atoms with Crippen molar-refractivity contribution in [3.05, 3.63) is 72.5 Å². The zero-order valence-corrected chi connectivity index (χ0v) is 17.1. The number of hydrogen-bond donors (Lipinski definition) is 2. The van der Waals surface area contributed by atoms with Crippen LogP contribution in [0.4, 0.5) is 5.95 Å². The quantitative estimate of drug-likeness (QED) is 0.702. The molecule has 2 unspecified atom stereocenters. The molecule has 6 heteroatoms. The fraction of sp³-hybridized carbons (Fsp3) is 0.292. The van der Waals surface area contributed by atoms with Crippen LogP contribution >= 0.6 is 0 Å². The lowest BCUT2D eigenvalue weighted by molar-refractivity contribution is 0.266. The highest BCUT2D eigenvalue weighted by Crippen LogP contribution is 2.27. The molecule has 0 bridgehead atoms. The highest BCUT2D eigenvalue weighted by atomic mass is 15.3. The van der Waals surface area contributed by atoms with Gasteiger partial charge in [-0.1, -0.05) is 55.5 Å². The number of hydrogen-bond acceptors (Lipinski definition) is 6. The van der Waals surface area contributed by atoms with E-state index in [1.165, 1.54) is 11.3 Å². The van der Waals surface area contributed by atoms with Gasteiger partial charge in [0.1, 0.15) is 5.52 Å². The molecule has 1 aromatic heterocycles. The van der Waals surface area contributed by atoms with E-state index in [0.29, 0.717) is 11.9 Å². The second-order valence-electron chi connectivity index (χ2n) is 7.88. The Hall–Kier alpha value is -3.25. The van der Waals surface area contributed by atoms with Crippen molar-refractivity contribution in [3.63, 3.8) is 0 Å². The van der Waals surface area contributed by atoms with Crippen LogP contribution in [0.3, 0.4) is 0 Å². The van der Waals surface area contributed by atoms with Crippen molar-refractivity contribution in [3.8, 4) is 11.1 Å². The molecule has 2 aromatic carbocycles. The van der Waals surface area contributed by atoms with Crippen LogP contribution in [0, 0.1) is 5.92 Å². The molecule has 0 radical (unpaired) electrons. The van der Waals surface area contributed by atoms with Crippen LogP contribution in [0.2, 0.25) is 0 Å². The van der Waals surface area contributed by atoms with Crippen molar-refractivity contribution in [2.45, 2.75) is 13.0 Å². The Kier molecular flexibility index (Phi) is 5.15. The summed E-state index contributed by atoms with van der Waals surface area (Å²) in [6, 6.07) is 16.6. The molecule has 0 amide bonds. The summed E-state index contributed by atoms with van der Waals surface area (Å²) in [7, 11) is 0. The number of nitrogens with one attached hydrogen (secondary N) is 2. The van der Waals surface area contributed by atoms with E-state index in [9.17, 15) is 0 Å². The fourth-order valence-electron chi connectivity index (χ4n) is 4.22. The van der Waals surface area contributed by atoms with Crippen LogP contribution < -0.4 is 10.6 Å². The van der Waals surface area contributed by atoms with E-state index in [0.717, 1.165) is 42.8 Å². The van der Waals surface area contributed by atoms with E-state index in [4.69, 9.17) is 4.98 Å². The van der Waals surface area contributed by atoms with Gasteiger partial charge in [0.25, 0.3) is 0 Å². The molecule has 6 nitrogen and oxygen atoms in total. The van der Waals surface area contributed by atoms with E-state index in [1.54, 1.807) is 0 Å². The standard InChI is InChI=1S/C24H26N6/c1-17-20(8-5-9-23(17)30-14-12-25-13-15-30)26-24-27-22-16-19(10-11-21(22)28-29-24)18-6-3-2-4-7-18/h2-11,16-17,20,25H,12-15H2,1H3,(H,26,27,29). The van der Waals surface area contributed by atoms with Crippen molar-refractivity contribution in [2.75, 3.05) is 31.5 Å². The molecule has 1 aliphatic heterocycles. The highest BCUT2D eigenvalue weighted by molar-refractivity contribution is 5.81. The summed E-state index contributed by atoms with van der Waals surface area (Å²) in [4.78, 5) is 7.24. The summed E-state index contributed by atoms with van der Waals surface area (Å²) in [5.41, 5.74) is 5.32. The summed E-state index contributed by atoms with van der Waals surface area (Å²) in [5, 5.41) is 15.6. The molecule has 30 heavy (non-hydrogen) atoms. The van der Waals surface area contributed by atoms with Gasteiger partial charge in [-0.2, -0.15) is 0 Å². The molecular formula is C24H26N6. The normalized spacial score (nSPS) is 21.5. The Balaban J connectivity index is 1.37. The highest BCUT2D eigenvalue weighted by Gasteiger charge is 2.26. The minimum absolute atomic E-state index is 0.136. The Morgan fingerprint density at radius 1 is 0.967 bits per heavy atom. The number of rotatable bonds is 4. The Bertz CT molecular complexity index is 1090. The van der Waals surface area contributed by atoms with E-state index < -0.39 is 0 Å². The van der Waals surface area contributed by atoms with Crippen LogP contribution in [0.25, 0.3) is 22.2 Å². The SMILES string of the molecule is CC1C(N2CCNCC2)=CC=CC1Nc1nnc2ccc(-c3ccccc3)cc2n1. The van der Waals surface area contributed by atoms with Crippen LogP contribution in [-0.4, -0.2) is 52.3 Å². The van der Waals surface area contributed by atoms with Crippen LogP contribution in [0.15, 0.2) is 72.5 Å². The van der Waals surface area contributed by atoms with Gasteiger partial charge in [0.2, 0.25) is 5.95 Å². The molecule has 152 valence electrons. The third-order valence-corrected chi connectivity index (χ3v) is 5.93. The minimum atomic E-state index is 0.136. The molecular weight excluding hydrogens is 372 g/mol. The molecule has 2 aliphatic rings. The molecule has 1 fully saturated rings. The van der Waals surface area contributed by atoms with Gasteiger partial charge in [0.15, 0.2) is 0 Å². The summed E-state index contributed by atoms with van der Waals surface area (Å²) in [6.45, 7) is 6.43. The maximum absolute atomic E-state index is 4.77. The smallest absolute Gasteiger partial charge is 0.243 e. The van der Waals surface area contributed by atoms with Gasteiger partial charge < -0.3 is 15.5 Å². The average molecular weight is 399 g/mol. The zero-order chi connectivity index (χ0) is 20.3. The number of fused-ring (bicyclic) bond motifs is 1. The monoisotopic (exact) mass is 398 g/mol. The second kappa shape index (κ2) is 8.24. The first-order valence-corrected chi connectivity index (χ1v) is 10.6. The third-order valence-electron chi connectivity index (χ3n) is 5.93. The molecule has 1 saturated heterocycles. The van der Waals surface area contributed by atoms with Gasteiger partial charge in [-0.25, -0.2) is 4.98 Å². The molecule has 2 N–H and O–H groups in total. The van der Waals surface area contributed by atoms with Crippen LogP contribution in [0.1, 0.15) is 6.92 Å². The summed E-state index contributed by atoms with van der Waals surface area (Å²) in [6.07, 6.45) is 6.56. The first-order valence-electron chi connectivity index (χ1n) is 10.6. The molecule has 0 saturated carbocycles. The Labute approximate surface area is 176 Å². The van der Waals surface area contributed by atoms with Gasteiger partial charge in [0.05, 0.1) is 11.6 Å².